The summed E-state index contributed by atoms with van der Waals surface area (Å²) in [6.45, 7) is 5.04. The topological polar surface area (TPSA) is 8.81 Å². The van der Waals surface area contributed by atoms with Crippen LogP contribution in [0, 0.1) is 0 Å². The van der Waals surface area contributed by atoms with Crippen molar-refractivity contribution in [3.63, 3.8) is 0 Å². The van der Waals surface area contributed by atoms with Gasteiger partial charge in [0.15, 0.2) is 5.50 Å². The number of aromatic nitrogens is 2. The molecular weight excluding hydrogens is 183 g/mol. The molecule has 1 aromatic rings. The Hall–Kier alpha value is -0.210. The van der Waals surface area contributed by atoms with Gasteiger partial charge in [-0.3, -0.25) is 0 Å². The van der Waals surface area contributed by atoms with Crippen molar-refractivity contribution in [2.45, 2.75) is 25.9 Å². The SMILES string of the molecule is CC[n+]1ccn(C(C)Cl)c1.[Cl-]. The maximum absolute atomic E-state index is 5.82. The first-order valence-corrected chi connectivity index (χ1v) is 3.88. The van der Waals surface area contributed by atoms with E-state index >= 15 is 0 Å². The molecule has 0 saturated heterocycles. The summed E-state index contributed by atoms with van der Waals surface area (Å²) in [5.74, 6) is 0. The standard InChI is InChI=1S/C7H12ClN2.ClH/c1-3-9-4-5-10(6-9)7(2)8;/h4-7H,3H2,1-2H3;1H/q+1;/p-1. The van der Waals surface area contributed by atoms with Gasteiger partial charge in [0.25, 0.3) is 0 Å². The van der Waals surface area contributed by atoms with Gasteiger partial charge >= 0.3 is 0 Å². The van der Waals surface area contributed by atoms with E-state index in [9.17, 15) is 0 Å². The minimum atomic E-state index is 0. The van der Waals surface area contributed by atoms with E-state index in [1.807, 2.05) is 30.2 Å². The van der Waals surface area contributed by atoms with E-state index in [1.165, 1.54) is 0 Å². The van der Waals surface area contributed by atoms with Gasteiger partial charge in [-0.15, -0.1) is 0 Å². The molecule has 0 spiro atoms. The van der Waals surface area contributed by atoms with E-state index in [-0.39, 0.29) is 17.9 Å². The van der Waals surface area contributed by atoms with E-state index in [0.717, 1.165) is 6.54 Å². The Morgan fingerprint density at radius 1 is 1.64 bits per heavy atom. The molecule has 0 amide bonds. The number of nitrogens with zero attached hydrogens (tertiary/aromatic N) is 2. The minimum Gasteiger partial charge on any atom is -1.00 e. The van der Waals surface area contributed by atoms with Gasteiger partial charge in [-0.25, -0.2) is 9.13 Å². The average Bonchev–Trinajstić information content (AvgIpc) is 2.34. The summed E-state index contributed by atoms with van der Waals surface area (Å²) in [6, 6.07) is 0. The van der Waals surface area contributed by atoms with Crippen LogP contribution in [0.2, 0.25) is 0 Å². The van der Waals surface area contributed by atoms with Gasteiger partial charge in [0, 0.05) is 0 Å². The fraction of sp³-hybridized carbons (Fsp3) is 0.571. The Bertz CT molecular complexity index is 208. The van der Waals surface area contributed by atoms with Crippen LogP contribution in [0.5, 0.6) is 0 Å². The molecule has 0 bridgehead atoms. The Kier molecular flexibility index (Phi) is 4.54. The van der Waals surface area contributed by atoms with Crippen LogP contribution in [0.4, 0.5) is 0 Å². The van der Waals surface area contributed by atoms with Crippen LogP contribution in [-0.2, 0) is 6.54 Å². The van der Waals surface area contributed by atoms with Crippen molar-refractivity contribution in [1.29, 1.82) is 0 Å². The number of rotatable bonds is 2. The second kappa shape index (κ2) is 4.62. The molecule has 2 nitrogen and oxygen atoms in total. The smallest absolute Gasteiger partial charge is 0.244 e. The van der Waals surface area contributed by atoms with Crippen molar-refractivity contribution < 1.29 is 17.0 Å². The summed E-state index contributed by atoms with van der Waals surface area (Å²) in [6.07, 6.45) is 5.98. The second-order valence-corrected chi connectivity index (χ2v) is 2.90. The molecule has 1 unspecified atom stereocenters. The number of hydrogen-bond acceptors (Lipinski definition) is 0. The molecule has 1 atom stereocenters. The summed E-state index contributed by atoms with van der Waals surface area (Å²) in [5.41, 5.74) is 0.0489. The zero-order chi connectivity index (χ0) is 7.56. The Morgan fingerprint density at radius 2 is 2.27 bits per heavy atom. The maximum atomic E-state index is 5.82. The lowest BCUT2D eigenvalue weighted by atomic mass is 10.7. The van der Waals surface area contributed by atoms with E-state index in [2.05, 4.69) is 11.5 Å². The largest absolute Gasteiger partial charge is 1.00 e. The van der Waals surface area contributed by atoms with Crippen LogP contribution in [0.15, 0.2) is 18.7 Å². The average molecular weight is 195 g/mol. The molecule has 0 N–H and O–H groups in total. The van der Waals surface area contributed by atoms with E-state index in [1.54, 1.807) is 0 Å². The Morgan fingerprint density at radius 3 is 2.55 bits per heavy atom. The van der Waals surface area contributed by atoms with Crippen molar-refractivity contribution >= 4 is 11.6 Å². The van der Waals surface area contributed by atoms with Crippen LogP contribution < -0.4 is 17.0 Å². The quantitative estimate of drug-likeness (QED) is 0.403. The van der Waals surface area contributed by atoms with Gasteiger partial charge in [0.2, 0.25) is 6.33 Å². The van der Waals surface area contributed by atoms with Gasteiger partial charge in [-0.05, 0) is 13.8 Å². The lowest BCUT2D eigenvalue weighted by Crippen LogP contribution is -3.00. The van der Waals surface area contributed by atoms with Crippen molar-refractivity contribution in [2.24, 2.45) is 0 Å². The second-order valence-electron chi connectivity index (χ2n) is 2.27. The molecule has 1 aromatic heterocycles. The molecule has 64 valence electrons. The maximum Gasteiger partial charge on any atom is 0.244 e. The summed E-state index contributed by atoms with van der Waals surface area (Å²) < 4.78 is 4.05. The lowest BCUT2D eigenvalue weighted by Gasteiger charge is -1.93. The zero-order valence-electron chi connectivity index (χ0n) is 6.67. The molecule has 0 aliphatic heterocycles. The minimum absolute atomic E-state index is 0. The lowest BCUT2D eigenvalue weighted by molar-refractivity contribution is -0.693. The van der Waals surface area contributed by atoms with Crippen molar-refractivity contribution in [3.8, 4) is 0 Å². The molecule has 1 rings (SSSR count). The van der Waals surface area contributed by atoms with Gasteiger partial charge in [-0.1, -0.05) is 11.6 Å². The predicted molar refractivity (Wildman–Crippen MR) is 40.9 cm³/mol. The highest BCUT2D eigenvalue weighted by molar-refractivity contribution is 6.18. The number of alkyl halides is 1. The fourth-order valence-electron chi connectivity index (χ4n) is 0.808. The number of imidazole rings is 1. The number of aryl methyl sites for hydroxylation is 1. The third-order valence-electron chi connectivity index (χ3n) is 1.49. The molecule has 0 saturated carbocycles. The molecule has 0 aliphatic rings. The van der Waals surface area contributed by atoms with Crippen molar-refractivity contribution in [2.75, 3.05) is 0 Å². The Balaban J connectivity index is 0.000001000. The van der Waals surface area contributed by atoms with Crippen LogP contribution in [0.1, 0.15) is 19.3 Å². The molecule has 0 aliphatic carbocycles. The Labute approximate surface area is 78.2 Å². The highest BCUT2D eigenvalue weighted by Crippen LogP contribution is 2.07. The van der Waals surface area contributed by atoms with Crippen LogP contribution in [-0.4, -0.2) is 4.57 Å². The number of halogens is 2. The van der Waals surface area contributed by atoms with Gasteiger partial charge in [-0.2, -0.15) is 0 Å². The highest BCUT2D eigenvalue weighted by Gasteiger charge is 2.05. The zero-order valence-corrected chi connectivity index (χ0v) is 8.18. The molecule has 0 aromatic carbocycles. The summed E-state index contributed by atoms with van der Waals surface area (Å²) in [5, 5.41) is 0. The molecule has 4 heteroatoms. The van der Waals surface area contributed by atoms with Crippen molar-refractivity contribution in [1.82, 2.24) is 4.57 Å². The van der Waals surface area contributed by atoms with Crippen LogP contribution in [0.3, 0.4) is 0 Å². The van der Waals surface area contributed by atoms with E-state index in [4.69, 9.17) is 11.6 Å². The molecule has 0 radical (unpaired) electrons. The van der Waals surface area contributed by atoms with E-state index in [0.29, 0.717) is 0 Å². The van der Waals surface area contributed by atoms with Gasteiger partial charge < -0.3 is 12.4 Å². The third-order valence-corrected chi connectivity index (χ3v) is 1.71. The van der Waals surface area contributed by atoms with Gasteiger partial charge in [0.05, 0.1) is 6.54 Å². The van der Waals surface area contributed by atoms with E-state index < -0.39 is 0 Å². The monoisotopic (exact) mass is 194 g/mol. The first-order chi connectivity index (χ1) is 4.74. The fourth-order valence-corrected chi connectivity index (χ4v) is 0.924. The van der Waals surface area contributed by atoms with Crippen LogP contribution in [0.25, 0.3) is 0 Å². The number of hydrogen-bond donors (Lipinski definition) is 0. The van der Waals surface area contributed by atoms with Crippen molar-refractivity contribution in [3.05, 3.63) is 18.7 Å². The third kappa shape index (κ3) is 2.72. The molecule has 0 fully saturated rings. The summed E-state index contributed by atoms with van der Waals surface area (Å²) in [4.78, 5) is 0. The first kappa shape index (κ1) is 10.8. The summed E-state index contributed by atoms with van der Waals surface area (Å²) in [7, 11) is 0. The molecular formula is C7H12Cl2N2. The summed E-state index contributed by atoms with van der Waals surface area (Å²) >= 11 is 5.82. The van der Waals surface area contributed by atoms with Crippen LogP contribution >= 0.6 is 11.6 Å². The van der Waals surface area contributed by atoms with Gasteiger partial charge in [0.1, 0.15) is 12.4 Å². The normalized spacial score (nSPS) is 12.3. The predicted octanol–water partition coefficient (Wildman–Crippen LogP) is -1.44. The first-order valence-electron chi connectivity index (χ1n) is 3.44. The molecule has 11 heavy (non-hydrogen) atoms. The molecule has 1 heterocycles. The highest BCUT2D eigenvalue weighted by atomic mass is 35.5.